The van der Waals surface area contributed by atoms with Gasteiger partial charge in [0.15, 0.2) is 0 Å². The quantitative estimate of drug-likeness (QED) is 0.725. The first-order valence-corrected chi connectivity index (χ1v) is 9.16. The molecule has 1 amide bonds. The van der Waals surface area contributed by atoms with Crippen molar-refractivity contribution in [3.05, 3.63) is 70.4 Å². The van der Waals surface area contributed by atoms with Crippen LogP contribution in [0, 0.1) is 13.8 Å². The smallest absolute Gasteiger partial charge is 0.263 e. The summed E-state index contributed by atoms with van der Waals surface area (Å²) in [5.41, 5.74) is 3.86. The fraction of sp³-hybridized carbons (Fsp3) is 0.250. The van der Waals surface area contributed by atoms with Crippen LogP contribution < -0.4 is 5.32 Å². The number of carbonyl (C=O) groups is 1. The Morgan fingerprint density at radius 3 is 2.56 bits per heavy atom. The van der Waals surface area contributed by atoms with Crippen molar-refractivity contribution in [3.63, 3.8) is 0 Å². The molecule has 3 aromatic rings. The molecule has 0 bridgehead atoms. The molecular formula is C20H21N3OS. The van der Waals surface area contributed by atoms with Crippen LogP contribution in [0.25, 0.3) is 10.7 Å². The fourth-order valence-electron chi connectivity index (χ4n) is 2.65. The van der Waals surface area contributed by atoms with E-state index in [1.807, 2.05) is 25.1 Å². The number of amides is 1. The Balaban J connectivity index is 1.81. The zero-order chi connectivity index (χ0) is 17.8. The van der Waals surface area contributed by atoms with Gasteiger partial charge in [-0.15, -0.1) is 11.3 Å². The van der Waals surface area contributed by atoms with E-state index >= 15 is 0 Å². The molecule has 128 valence electrons. The molecule has 0 fully saturated rings. The molecule has 1 N–H and O–H groups in total. The number of nitrogens with one attached hydrogen (secondary N) is 1. The highest BCUT2D eigenvalue weighted by molar-refractivity contribution is 7.17. The molecule has 25 heavy (non-hydrogen) atoms. The fourth-order valence-corrected chi connectivity index (χ4v) is 3.60. The Morgan fingerprint density at radius 1 is 1.16 bits per heavy atom. The van der Waals surface area contributed by atoms with Crippen LogP contribution in [0.15, 0.2) is 48.7 Å². The first-order chi connectivity index (χ1) is 12.1. The van der Waals surface area contributed by atoms with Gasteiger partial charge in [0.05, 0.1) is 17.4 Å². The maximum absolute atomic E-state index is 12.8. The van der Waals surface area contributed by atoms with Gasteiger partial charge in [-0.2, -0.15) is 0 Å². The molecule has 0 aliphatic rings. The SMILES string of the molecule is CC[C@H](NC(=O)c1sc(-c2ccccn2)nc1C)c1ccc(C)cc1. The van der Waals surface area contributed by atoms with E-state index in [1.165, 1.54) is 16.9 Å². The van der Waals surface area contributed by atoms with Crippen molar-refractivity contribution in [3.8, 4) is 10.7 Å². The number of carbonyl (C=O) groups excluding carboxylic acids is 1. The van der Waals surface area contributed by atoms with Crippen molar-refractivity contribution in [2.75, 3.05) is 0 Å². The minimum atomic E-state index is -0.0791. The van der Waals surface area contributed by atoms with Gasteiger partial charge in [-0.1, -0.05) is 42.8 Å². The van der Waals surface area contributed by atoms with Crippen LogP contribution in [0.5, 0.6) is 0 Å². The average Bonchev–Trinajstić information content (AvgIpc) is 3.03. The van der Waals surface area contributed by atoms with E-state index in [-0.39, 0.29) is 11.9 Å². The van der Waals surface area contributed by atoms with Gasteiger partial charge in [0.1, 0.15) is 9.88 Å². The summed E-state index contributed by atoms with van der Waals surface area (Å²) < 4.78 is 0. The monoisotopic (exact) mass is 351 g/mol. The Hall–Kier alpha value is -2.53. The molecule has 2 aromatic heterocycles. The Labute approximate surface area is 152 Å². The molecule has 5 heteroatoms. The number of aryl methyl sites for hydroxylation is 2. The molecule has 0 aliphatic heterocycles. The van der Waals surface area contributed by atoms with Crippen LogP contribution in [0.1, 0.15) is 45.9 Å². The lowest BCUT2D eigenvalue weighted by molar-refractivity contribution is 0.0939. The topological polar surface area (TPSA) is 54.9 Å². The molecule has 0 saturated carbocycles. The van der Waals surface area contributed by atoms with Gasteiger partial charge in [-0.3, -0.25) is 9.78 Å². The van der Waals surface area contributed by atoms with E-state index in [2.05, 4.69) is 53.4 Å². The molecule has 1 aromatic carbocycles. The lowest BCUT2D eigenvalue weighted by atomic mass is 10.0. The average molecular weight is 351 g/mol. The van der Waals surface area contributed by atoms with Crippen LogP contribution in [0.2, 0.25) is 0 Å². The first kappa shape index (κ1) is 17.3. The summed E-state index contributed by atoms with van der Waals surface area (Å²) in [4.78, 5) is 22.2. The van der Waals surface area contributed by atoms with E-state index < -0.39 is 0 Å². The summed E-state index contributed by atoms with van der Waals surface area (Å²) in [6.45, 7) is 6.00. The van der Waals surface area contributed by atoms with Gasteiger partial charge in [-0.05, 0) is 38.0 Å². The molecule has 3 rings (SSSR count). The van der Waals surface area contributed by atoms with Crippen LogP contribution >= 0.6 is 11.3 Å². The molecule has 0 saturated heterocycles. The second kappa shape index (κ2) is 7.57. The number of rotatable bonds is 5. The van der Waals surface area contributed by atoms with Crippen molar-refractivity contribution in [2.45, 2.75) is 33.2 Å². The van der Waals surface area contributed by atoms with Crippen LogP contribution in [0.3, 0.4) is 0 Å². The van der Waals surface area contributed by atoms with Gasteiger partial charge >= 0.3 is 0 Å². The lowest BCUT2D eigenvalue weighted by Crippen LogP contribution is -2.28. The molecule has 4 nitrogen and oxygen atoms in total. The van der Waals surface area contributed by atoms with Crippen LogP contribution in [0.4, 0.5) is 0 Å². The Morgan fingerprint density at radius 2 is 1.92 bits per heavy atom. The number of aromatic nitrogens is 2. The zero-order valence-electron chi connectivity index (χ0n) is 14.6. The van der Waals surface area contributed by atoms with Gasteiger partial charge in [-0.25, -0.2) is 4.98 Å². The van der Waals surface area contributed by atoms with Crippen molar-refractivity contribution in [1.29, 1.82) is 0 Å². The highest BCUT2D eigenvalue weighted by Crippen LogP contribution is 2.27. The molecule has 0 radical (unpaired) electrons. The van der Waals surface area contributed by atoms with Gasteiger partial charge < -0.3 is 5.32 Å². The Bertz CT molecular complexity index is 856. The number of hydrogen-bond donors (Lipinski definition) is 1. The summed E-state index contributed by atoms with van der Waals surface area (Å²) in [6.07, 6.45) is 2.57. The molecule has 2 heterocycles. The van der Waals surface area contributed by atoms with E-state index in [0.29, 0.717) is 4.88 Å². The molecular weight excluding hydrogens is 330 g/mol. The van der Waals surface area contributed by atoms with Crippen molar-refractivity contribution >= 4 is 17.2 Å². The number of thiazole rings is 1. The third-order valence-electron chi connectivity index (χ3n) is 4.08. The second-order valence-electron chi connectivity index (χ2n) is 5.99. The number of nitrogens with zero attached hydrogens (tertiary/aromatic N) is 2. The third-order valence-corrected chi connectivity index (χ3v) is 5.26. The van der Waals surface area contributed by atoms with Gasteiger partial charge in [0.25, 0.3) is 5.91 Å². The lowest BCUT2D eigenvalue weighted by Gasteiger charge is -2.17. The minimum Gasteiger partial charge on any atom is -0.344 e. The summed E-state index contributed by atoms with van der Waals surface area (Å²) in [6, 6.07) is 14.0. The van der Waals surface area contributed by atoms with Crippen LogP contribution in [-0.4, -0.2) is 15.9 Å². The highest BCUT2D eigenvalue weighted by atomic mass is 32.1. The minimum absolute atomic E-state index is 0.00657. The first-order valence-electron chi connectivity index (χ1n) is 8.34. The molecule has 0 unspecified atom stereocenters. The van der Waals surface area contributed by atoms with Crippen molar-refractivity contribution in [2.24, 2.45) is 0 Å². The maximum Gasteiger partial charge on any atom is 0.263 e. The summed E-state index contributed by atoms with van der Waals surface area (Å²) >= 11 is 1.39. The van der Waals surface area contributed by atoms with Crippen molar-refractivity contribution < 1.29 is 4.79 Å². The maximum atomic E-state index is 12.8. The van der Waals surface area contributed by atoms with Crippen molar-refractivity contribution in [1.82, 2.24) is 15.3 Å². The third kappa shape index (κ3) is 3.94. The second-order valence-corrected chi connectivity index (χ2v) is 6.99. The summed E-state index contributed by atoms with van der Waals surface area (Å²) in [7, 11) is 0. The largest absolute Gasteiger partial charge is 0.344 e. The Kier molecular flexibility index (Phi) is 5.24. The number of pyridine rings is 1. The molecule has 1 atom stereocenters. The van der Waals surface area contributed by atoms with E-state index in [1.54, 1.807) is 6.20 Å². The number of hydrogen-bond acceptors (Lipinski definition) is 4. The zero-order valence-corrected chi connectivity index (χ0v) is 15.4. The molecule has 0 aliphatic carbocycles. The highest BCUT2D eigenvalue weighted by Gasteiger charge is 2.20. The summed E-state index contributed by atoms with van der Waals surface area (Å²) in [5.74, 6) is -0.0791. The predicted molar refractivity (Wildman–Crippen MR) is 102 cm³/mol. The van der Waals surface area contributed by atoms with E-state index in [4.69, 9.17) is 0 Å². The summed E-state index contributed by atoms with van der Waals surface area (Å²) in [5, 5.41) is 3.91. The van der Waals surface area contributed by atoms with Gasteiger partial charge in [0.2, 0.25) is 0 Å². The normalized spacial score (nSPS) is 12.0. The predicted octanol–water partition coefficient (Wildman–Crippen LogP) is 4.70. The van der Waals surface area contributed by atoms with E-state index in [0.717, 1.165) is 28.4 Å². The van der Waals surface area contributed by atoms with Crippen LogP contribution in [-0.2, 0) is 0 Å². The standard InChI is InChI=1S/C20H21N3OS/c1-4-16(15-10-8-13(2)9-11-15)23-19(24)18-14(3)22-20(25-18)17-7-5-6-12-21-17/h5-12,16H,4H2,1-3H3,(H,23,24)/t16-/m0/s1. The van der Waals surface area contributed by atoms with E-state index in [9.17, 15) is 4.79 Å². The number of benzene rings is 1. The van der Waals surface area contributed by atoms with Gasteiger partial charge in [0, 0.05) is 6.20 Å². The molecule has 0 spiro atoms.